The number of aromatic amines is 1. The Morgan fingerprint density at radius 3 is 2.80 bits per heavy atom. The summed E-state index contributed by atoms with van der Waals surface area (Å²) in [5, 5.41) is 0.151. The van der Waals surface area contributed by atoms with Crippen LogP contribution in [0, 0.1) is 6.92 Å². The summed E-state index contributed by atoms with van der Waals surface area (Å²) in [5.74, 6) is 0.975. The zero-order chi connectivity index (χ0) is 14.1. The highest BCUT2D eigenvalue weighted by atomic mass is 35.5. The minimum absolute atomic E-state index is 0.139. The van der Waals surface area contributed by atoms with Crippen LogP contribution in [-0.4, -0.2) is 28.2 Å². The minimum atomic E-state index is -0.353. The minimum Gasteiger partial charge on any atom is -0.440 e. The first-order valence-corrected chi connectivity index (χ1v) is 6.82. The molecule has 1 aliphatic rings. The molecule has 3 rings (SSSR count). The van der Waals surface area contributed by atoms with E-state index in [0.717, 1.165) is 12.8 Å². The molecule has 0 amide bonds. The first-order valence-electron chi connectivity index (χ1n) is 6.44. The van der Waals surface area contributed by atoms with Crippen molar-refractivity contribution in [2.24, 2.45) is 0 Å². The summed E-state index contributed by atoms with van der Waals surface area (Å²) in [4.78, 5) is 23.1. The van der Waals surface area contributed by atoms with Crippen LogP contribution in [0.1, 0.15) is 30.1 Å². The number of H-pyrrole nitrogens is 1. The standard InChI is InChI=1S/C13H14ClN3O3/c1-7-11(20-6-15-7)12-16-10(9(14)13(18)17-12)8-2-4-19-5-3-8/h6,8H,2-5H2,1H3,(H,16,17,18). The van der Waals surface area contributed by atoms with Crippen LogP contribution in [0.3, 0.4) is 0 Å². The number of hydrogen-bond donors (Lipinski definition) is 1. The lowest BCUT2D eigenvalue weighted by Gasteiger charge is -2.22. The van der Waals surface area contributed by atoms with E-state index >= 15 is 0 Å². The van der Waals surface area contributed by atoms with E-state index in [4.69, 9.17) is 20.8 Å². The molecule has 0 atom stereocenters. The summed E-state index contributed by atoms with van der Waals surface area (Å²) in [6.45, 7) is 3.11. The van der Waals surface area contributed by atoms with Gasteiger partial charge in [0.15, 0.2) is 18.0 Å². The lowest BCUT2D eigenvalue weighted by molar-refractivity contribution is 0.0845. The van der Waals surface area contributed by atoms with Crippen LogP contribution in [0.5, 0.6) is 0 Å². The Bertz CT molecular complexity index is 674. The average Bonchev–Trinajstić information content (AvgIpc) is 2.89. The maximum atomic E-state index is 12.0. The fourth-order valence-corrected chi connectivity index (χ4v) is 2.60. The SMILES string of the molecule is Cc1ncoc1-c1nc(C2CCOCC2)c(Cl)c(=O)[nH]1. The van der Waals surface area contributed by atoms with Crippen LogP contribution in [-0.2, 0) is 4.74 Å². The summed E-state index contributed by atoms with van der Waals surface area (Å²) in [6, 6.07) is 0. The number of oxazole rings is 1. The first kappa shape index (κ1) is 13.3. The third kappa shape index (κ3) is 2.36. The highest BCUT2D eigenvalue weighted by Crippen LogP contribution is 2.30. The van der Waals surface area contributed by atoms with Gasteiger partial charge in [-0.1, -0.05) is 11.6 Å². The largest absolute Gasteiger partial charge is 0.440 e. The van der Waals surface area contributed by atoms with Crippen molar-refractivity contribution >= 4 is 11.6 Å². The number of ether oxygens (including phenoxy) is 1. The first-order chi connectivity index (χ1) is 9.66. The molecular weight excluding hydrogens is 282 g/mol. The summed E-state index contributed by atoms with van der Waals surface area (Å²) in [5.41, 5.74) is 0.937. The van der Waals surface area contributed by atoms with Gasteiger partial charge in [-0.3, -0.25) is 4.79 Å². The lowest BCUT2D eigenvalue weighted by atomic mass is 9.96. The van der Waals surface area contributed by atoms with Crippen molar-refractivity contribution < 1.29 is 9.15 Å². The highest BCUT2D eigenvalue weighted by Gasteiger charge is 2.23. The predicted octanol–water partition coefficient (Wildman–Crippen LogP) is 2.28. The number of aryl methyl sites for hydroxylation is 1. The third-order valence-corrected chi connectivity index (χ3v) is 3.82. The van der Waals surface area contributed by atoms with E-state index in [2.05, 4.69) is 15.0 Å². The van der Waals surface area contributed by atoms with Gasteiger partial charge in [-0.25, -0.2) is 9.97 Å². The van der Waals surface area contributed by atoms with Crippen molar-refractivity contribution in [3.63, 3.8) is 0 Å². The molecule has 20 heavy (non-hydrogen) atoms. The second-order valence-electron chi connectivity index (χ2n) is 4.77. The summed E-state index contributed by atoms with van der Waals surface area (Å²) in [7, 11) is 0. The van der Waals surface area contributed by atoms with Crippen LogP contribution in [0.25, 0.3) is 11.6 Å². The molecule has 0 bridgehead atoms. The molecule has 0 unspecified atom stereocenters. The Kier molecular flexibility index (Phi) is 3.58. The van der Waals surface area contributed by atoms with Crippen molar-refractivity contribution in [2.45, 2.75) is 25.7 Å². The zero-order valence-corrected chi connectivity index (χ0v) is 11.7. The maximum absolute atomic E-state index is 12.0. The van der Waals surface area contributed by atoms with E-state index in [-0.39, 0.29) is 16.5 Å². The van der Waals surface area contributed by atoms with Gasteiger partial charge in [-0.2, -0.15) is 0 Å². The topological polar surface area (TPSA) is 81.0 Å². The second kappa shape index (κ2) is 5.38. The molecule has 3 heterocycles. The number of halogens is 1. The van der Waals surface area contributed by atoms with E-state index < -0.39 is 0 Å². The Balaban J connectivity index is 2.08. The maximum Gasteiger partial charge on any atom is 0.270 e. The molecule has 1 N–H and O–H groups in total. The molecule has 0 aliphatic carbocycles. The normalized spacial score (nSPS) is 16.5. The van der Waals surface area contributed by atoms with Crippen molar-refractivity contribution in [3.05, 3.63) is 33.2 Å². The number of hydrogen-bond acceptors (Lipinski definition) is 5. The monoisotopic (exact) mass is 295 g/mol. The smallest absolute Gasteiger partial charge is 0.270 e. The van der Waals surface area contributed by atoms with E-state index in [1.54, 1.807) is 6.92 Å². The van der Waals surface area contributed by atoms with Gasteiger partial charge in [0.05, 0.1) is 11.4 Å². The van der Waals surface area contributed by atoms with Gasteiger partial charge in [-0.15, -0.1) is 0 Å². The number of nitrogens with one attached hydrogen (secondary N) is 1. The van der Waals surface area contributed by atoms with E-state index in [1.807, 2.05) is 0 Å². The molecule has 1 fully saturated rings. The van der Waals surface area contributed by atoms with Crippen LogP contribution in [0.15, 0.2) is 15.6 Å². The number of rotatable bonds is 2. The molecule has 0 aromatic carbocycles. The zero-order valence-electron chi connectivity index (χ0n) is 11.0. The molecule has 7 heteroatoms. The van der Waals surface area contributed by atoms with Gasteiger partial charge in [0.2, 0.25) is 0 Å². The lowest BCUT2D eigenvalue weighted by Crippen LogP contribution is -2.20. The Morgan fingerprint density at radius 2 is 2.15 bits per heavy atom. The molecular formula is C13H14ClN3O3. The predicted molar refractivity (Wildman–Crippen MR) is 72.9 cm³/mol. The molecule has 106 valence electrons. The molecule has 0 radical (unpaired) electrons. The van der Waals surface area contributed by atoms with Gasteiger partial charge in [-0.05, 0) is 19.8 Å². The quantitative estimate of drug-likeness (QED) is 0.919. The van der Waals surface area contributed by atoms with Crippen molar-refractivity contribution in [1.82, 2.24) is 15.0 Å². The van der Waals surface area contributed by atoms with Gasteiger partial charge in [0, 0.05) is 19.1 Å². The van der Waals surface area contributed by atoms with E-state index in [0.29, 0.717) is 36.2 Å². The molecule has 2 aromatic heterocycles. The van der Waals surface area contributed by atoms with E-state index in [9.17, 15) is 4.79 Å². The molecule has 6 nitrogen and oxygen atoms in total. The van der Waals surface area contributed by atoms with Gasteiger partial charge in [0.25, 0.3) is 5.56 Å². The fourth-order valence-electron chi connectivity index (χ4n) is 2.35. The van der Waals surface area contributed by atoms with Crippen LogP contribution < -0.4 is 5.56 Å². The summed E-state index contributed by atoms with van der Waals surface area (Å²) >= 11 is 6.11. The average molecular weight is 296 g/mol. The Morgan fingerprint density at radius 1 is 1.40 bits per heavy atom. The Hall–Kier alpha value is -1.66. The van der Waals surface area contributed by atoms with Crippen molar-refractivity contribution in [1.29, 1.82) is 0 Å². The second-order valence-corrected chi connectivity index (χ2v) is 5.15. The van der Waals surface area contributed by atoms with E-state index in [1.165, 1.54) is 6.39 Å². The third-order valence-electron chi connectivity index (χ3n) is 3.46. The molecule has 0 spiro atoms. The summed E-state index contributed by atoms with van der Waals surface area (Å²) in [6.07, 6.45) is 2.95. The molecule has 2 aromatic rings. The molecule has 0 saturated carbocycles. The number of nitrogens with zero attached hydrogens (tertiary/aromatic N) is 2. The van der Waals surface area contributed by atoms with Crippen molar-refractivity contribution in [3.8, 4) is 11.6 Å². The molecule has 1 aliphatic heterocycles. The Labute approximate surface area is 120 Å². The number of aromatic nitrogens is 3. The van der Waals surface area contributed by atoms with Crippen LogP contribution >= 0.6 is 11.6 Å². The van der Waals surface area contributed by atoms with Crippen LogP contribution in [0.2, 0.25) is 5.02 Å². The fraction of sp³-hybridized carbons (Fsp3) is 0.462. The van der Waals surface area contributed by atoms with Gasteiger partial charge >= 0.3 is 0 Å². The van der Waals surface area contributed by atoms with Crippen LogP contribution in [0.4, 0.5) is 0 Å². The van der Waals surface area contributed by atoms with Gasteiger partial charge < -0.3 is 14.1 Å². The van der Waals surface area contributed by atoms with Crippen molar-refractivity contribution in [2.75, 3.05) is 13.2 Å². The molecule has 1 saturated heterocycles. The summed E-state index contributed by atoms with van der Waals surface area (Å²) < 4.78 is 10.6. The van der Waals surface area contributed by atoms with Gasteiger partial charge in [0.1, 0.15) is 5.02 Å². The highest BCUT2D eigenvalue weighted by molar-refractivity contribution is 6.31.